The zero-order valence-electron chi connectivity index (χ0n) is 7.18. The van der Waals surface area contributed by atoms with Crippen LogP contribution >= 0.6 is 0 Å². The zero-order valence-corrected chi connectivity index (χ0v) is 7.18. The van der Waals surface area contributed by atoms with Gasteiger partial charge in [0, 0.05) is 27.7 Å². The largest absolute Gasteiger partial charge is 0.248 e. The van der Waals surface area contributed by atoms with Gasteiger partial charge >= 0.3 is 0 Å². The van der Waals surface area contributed by atoms with Gasteiger partial charge in [-0.2, -0.15) is 0 Å². The highest BCUT2D eigenvalue weighted by molar-refractivity contribution is 4.47. The third-order valence-electron chi connectivity index (χ3n) is 1.31. The number of hydrogen-bond acceptors (Lipinski definition) is 2. The first-order valence-corrected chi connectivity index (χ1v) is 3.42. The molecule has 0 spiro atoms. The molecule has 0 aliphatic heterocycles. The molecule has 0 bridgehead atoms. The molecule has 0 saturated carbocycles. The lowest BCUT2D eigenvalue weighted by Crippen LogP contribution is -2.35. The molecule has 0 atom stereocenters. The van der Waals surface area contributed by atoms with Crippen molar-refractivity contribution < 1.29 is 0 Å². The molecule has 0 aromatic rings. The minimum absolute atomic E-state index is 0.748. The van der Waals surface area contributed by atoms with Crippen molar-refractivity contribution in [3.8, 4) is 0 Å². The molecule has 0 aromatic carbocycles. The van der Waals surface area contributed by atoms with Gasteiger partial charge in [0.15, 0.2) is 0 Å². The van der Waals surface area contributed by atoms with Crippen molar-refractivity contribution >= 4 is 0 Å². The summed E-state index contributed by atoms with van der Waals surface area (Å²) in [4.78, 5) is 0. The van der Waals surface area contributed by atoms with Crippen molar-refractivity contribution in [2.24, 2.45) is 5.92 Å². The molecule has 0 rings (SSSR count). The van der Waals surface area contributed by atoms with Crippen LogP contribution in [-0.2, 0) is 0 Å². The Bertz CT molecular complexity index is 69.3. The summed E-state index contributed by atoms with van der Waals surface area (Å²) in [5.74, 6) is 0.748. The molecule has 0 aliphatic rings. The lowest BCUT2D eigenvalue weighted by molar-refractivity contribution is 0.0441. The molecular formula is C7H18N2. The fourth-order valence-electron chi connectivity index (χ4n) is 0.692. The normalized spacial score (nSPS) is 12.0. The van der Waals surface area contributed by atoms with Crippen molar-refractivity contribution in [3.05, 3.63) is 0 Å². The van der Waals surface area contributed by atoms with Gasteiger partial charge in [0.1, 0.15) is 0 Å². The van der Waals surface area contributed by atoms with E-state index in [1.807, 2.05) is 0 Å². The van der Waals surface area contributed by atoms with Crippen molar-refractivity contribution in [1.29, 1.82) is 0 Å². The van der Waals surface area contributed by atoms with Crippen molar-refractivity contribution in [2.45, 2.75) is 13.8 Å². The van der Waals surface area contributed by atoms with Gasteiger partial charge in [-0.3, -0.25) is 0 Å². The highest BCUT2D eigenvalue weighted by Crippen LogP contribution is 1.95. The van der Waals surface area contributed by atoms with E-state index in [0.717, 1.165) is 12.5 Å². The molecule has 9 heavy (non-hydrogen) atoms. The SMILES string of the molecule is CC(C)CN(C)N(C)C. The maximum atomic E-state index is 2.22. The molecule has 0 aromatic heterocycles. The third kappa shape index (κ3) is 4.43. The van der Waals surface area contributed by atoms with Crippen LogP contribution in [0.15, 0.2) is 0 Å². The minimum atomic E-state index is 0.748. The van der Waals surface area contributed by atoms with E-state index < -0.39 is 0 Å². The average Bonchev–Trinajstić information content (AvgIpc) is 1.63. The van der Waals surface area contributed by atoms with Gasteiger partial charge in [0.2, 0.25) is 0 Å². The highest BCUT2D eigenvalue weighted by atomic mass is 15.6. The first kappa shape index (κ1) is 8.92. The molecule has 0 fully saturated rings. The van der Waals surface area contributed by atoms with E-state index in [1.165, 1.54) is 0 Å². The summed E-state index contributed by atoms with van der Waals surface area (Å²) in [6.45, 7) is 5.58. The van der Waals surface area contributed by atoms with Gasteiger partial charge < -0.3 is 0 Å². The summed E-state index contributed by atoms with van der Waals surface area (Å²) in [6, 6.07) is 0. The molecular weight excluding hydrogens is 112 g/mol. The van der Waals surface area contributed by atoms with E-state index in [9.17, 15) is 0 Å². The summed E-state index contributed by atoms with van der Waals surface area (Å²) in [5.41, 5.74) is 0. The summed E-state index contributed by atoms with van der Waals surface area (Å²) in [6.07, 6.45) is 0. The van der Waals surface area contributed by atoms with E-state index in [0.29, 0.717) is 0 Å². The molecule has 0 radical (unpaired) electrons. The van der Waals surface area contributed by atoms with Gasteiger partial charge in [-0.05, 0) is 5.92 Å². The lowest BCUT2D eigenvalue weighted by atomic mass is 10.2. The predicted molar refractivity (Wildman–Crippen MR) is 41.2 cm³/mol. The molecule has 0 heterocycles. The Balaban J connectivity index is 3.38. The number of hydrazine groups is 1. The molecule has 56 valence electrons. The lowest BCUT2D eigenvalue weighted by Gasteiger charge is -2.25. The predicted octanol–water partition coefficient (Wildman–Crippen LogP) is 1.05. The molecule has 0 unspecified atom stereocenters. The van der Waals surface area contributed by atoms with Crippen molar-refractivity contribution in [3.63, 3.8) is 0 Å². The Morgan fingerprint density at radius 1 is 1.11 bits per heavy atom. The fourth-order valence-corrected chi connectivity index (χ4v) is 0.692. The van der Waals surface area contributed by atoms with Gasteiger partial charge in [-0.1, -0.05) is 13.8 Å². The minimum Gasteiger partial charge on any atom is -0.248 e. The maximum Gasteiger partial charge on any atom is 0.0153 e. The Labute approximate surface area is 58.4 Å². The highest BCUT2D eigenvalue weighted by Gasteiger charge is 2.01. The summed E-state index contributed by atoms with van der Waals surface area (Å²) in [5, 5.41) is 4.30. The van der Waals surface area contributed by atoms with E-state index in [-0.39, 0.29) is 0 Å². The van der Waals surface area contributed by atoms with Crippen molar-refractivity contribution in [1.82, 2.24) is 10.0 Å². The van der Waals surface area contributed by atoms with Gasteiger partial charge in [0.05, 0.1) is 0 Å². The first-order valence-electron chi connectivity index (χ1n) is 3.42. The average molecular weight is 130 g/mol. The second-order valence-corrected chi connectivity index (χ2v) is 3.08. The van der Waals surface area contributed by atoms with Gasteiger partial charge in [-0.25, -0.2) is 10.0 Å². The second kappa shape index (κ2) is 3.85. The Kier molecular flexibility index (Phi) is 3.82. The van der Waals surface area contributed by atoms with E-state index >= 15 is 0 Å². The number of nitrogens with zero attached hydrogens (tertiary/aromatic N) is 2. The molecule has 2 heteroatoms. The summed E-state index contributed by atoms with van der Waals surface area (Å²) >= 11 is 0. The monoisotopic (exact) mass is 130 g/mol. The smallest absolute Gasteiger partial charge is 0.0153 e. The van der Waals surface area contributed by atoms with Crippen LogP contribution in [0.25, 0.3) is 0 Å². The Hall–Kier alpha value is -0.0800. The van der Waals surface area contributed by atoms with Crippen LogP contribution in [-0.4, -0.2) is 37.7 Å². The summed E-state index contributed by atoms with van der Waals surface area (Å²) < 4.78 is 0. The van der Waals surface area contributed by atoms with E-state index in [4.69, 9.17) is 0 Å². The maximum absolute atomic E-state index is 2.22. The number of hydrogen-bond donors (Lipinski definition) is 0. The Morgan fingerprint density at radius 2 is 1.56 bits per heavy atom. The van der Waals surface area contributed by atoms with E-state index in [2.05, 4.69) is 45.0 Å². The second-order valence-electron chi connectivity index (χ2n) is 3.08. The van der Waals surface area contributed by atoms with Crippen LogP contribution in [0.3, 0.4) is 0 Å². The van der Waals surface area contributed by atoms with E-state index in [1.54, 1.807) is 0 Å². The van der Waals surface area contributed by atoms with Gasteiger partial charge in [-0.15, -0.1) is 0 Å². The van der Waals surface area contributed by atoms with Crippen LogP contribution < -0.4 is 0 Å². The van der Waals surface area contributed by atoms with Gasteiger partial charge in [0.25, 0.3) is 0 Å². The molecule has 0 amide bonds. The van der Waals surface area contributed by atoms with Crippen LogP contribution in [0.2, 0.25) is 0 Å². The zero-order chi connectivity index (χ0) is 7.44. The topological polar surface area (TPSA) is 6.48 Å². The van der Waals surface area contributed by atoms with Crippen LogP contribution in [0.1, 0.15) is 13.8 Å². The van der Waals surface area contributed by atoms with Crippen LogP contribution in [0, 0.1) is 5.92 Å². The third-order valence-corrected chi connectivity index (χ3v) is 1.31. The Morgan fingerprint density at radius 3 is 1.67 bits per heavy atom. The molecule has 0 saturated heterocycles. The number of rotatable bonds is 3. The van der Waals surface area contributed by atoms with Crippen molar-refractivity contribution in [2.75, 3.05) is 27.7 Å². The first-order chi connectivity index (χ1) is 4.04. The quantitative estimate of drug-likeness (QED) is 0.527. The molecule has 0 N–H and O–H groups in total. The standard InChI is InChI=1S/C7H18N2/c1-7(2)6-9(5)8(3)4/h7H,6H2,1-5H3. The fraction of sp³-hybridized carbons (Fsp3) is 1.00. The molecule has 0 aliphatic carbocycles. The van der Waals surface area contributed by atoms with Crippen LogP contribution in [0.4, 0.5) is 0 Å². The van der Waals surface area contributed by atoms with Crippen LogP contribution in [0.5, 0.6) is 0 Å². The summed E-state index contributed by atoms with van der Waals surface area (Å²) in [7, 11) is 6.21. The molecule has 2 nitrogen and oxygen atoms in total.